The van der Waals surface area contributed by atoms with E-state index in [2.05, 4.69) is 18.2 Å². The molecular weight excluding hydrogens is 464 g/mol. The van der Waals surface area contributed by atoms with Crippen LogP contribution < -0.4 is 0 Å². The summed E-state index contributed by atoms with van der Waals surface area (Å²) in [5, 5.41) is 9.09. The molecular formula is C27H40N2O5S. The molecule has 7 nitrogen and oxygen atoms in total. The number of esters is 1. The van der Waals surface area contributed by atoms with Crippen LogP contribution in [0.15, 0.2) is 24.3 Å². The highest BCUT2D eigenvalue weighted by atomic mass is 32.2. The number of cyclic esters (lactones) is 1. The molecule has 4 aliphatic rings. The van der Waals surface area contributed by atoms with E-state index in [1.54, 1.807) is 16.7 Å². The van der Waals surface area contributed by atoms with Crippen LogP contribution in [0.4, 0.5) is 0 Å². The molecule has 4 rings (SSSR count). The lowest BCUT2D eigenvalue weighted by Gasteiger charge is -2.38. The van der Waals surface area contributed by atoms with Crippen molar-refractivity contribution in [3.05, 3.63) is 24.3 Å². The fourth-order valence-corrected chi connectivity index (χ4v) is 8.42. The first-order chi connectivity index (χ1) is 16.8. The van der Waals surface area contributed by atoms with Gasteiger partial charge in [0, 0.05) is 30.5 Å². The summed E-state index contributed by atoms with van der Waals surface area (Å²) in [7, 11) is 0. The normalized spacial score (nSPS) is 36.0. The summed E-state index contributed by atoms with van der Waals surface area (Å²) in [4.78, 5) is 45.3. The summed E-state index contributed by atoms with van der Waals surface area (Å²) in [5.41, 5.74) is 0. The topological polar surface area (TPSA) is 87.2 Å². The third-order valence-electron chi connectivity index (χ3n) is 7.96. The Morgan fingerprint density at radius 3 is 2.57 bits per heavy atom. The van der Waals surface area contributed by atoms with Crippen LogP contribution in [0.1, 0.15) is 65.7 Å². The first kappa shape index (κ1) is 26.3. The second-order valence-corrected chi connectivity index (χ2v) is 12.5. The minimum Gasteiger partial charge on any atom is -0.465 e. The number of thioether (sulfide) groups is 1. The van der Waals surface area contributed by atoms with E-state index in [-0.39, 0.29) is 30.4 Å². The molecule has 1 unspecified atom stereocenters. The van der Waals surface area contributed by atoms with Gasteiger partial charge < -0.3 is 19.6 Å². The van der Waals surface area contributed by atoms with E-state index in [9.17, 15) is 14.4 Å². The van der Waals surface area contributed by atoms with Gasteiger partial charge in [0.25, 0.3) is 0 Å². The molecule has 0 bridgehead atoms. The number of hydrogen-bond acceptors (Lipinski definition) is 6. The van der Waals surface area contributed by atoms with E-state index >= 15 is 0 Å². The molecule has 194 valence electrons. The summed E-state index contributed by atoms with van der Waals surface area (Å²) in [6, 6.07) is -0.630. The van der Waals surface area contributed by atoms with Crippen molar-refractivity contribution in [1.29, 1.82) is 0 Å². The number of rotatable bonds is 7. The Kier molecular flexibility index (Phi) is 8.01. The van der Waals surface area contributed by atoms with Gasteiger partial charge in [-0.1, -0.05) is 37.1 Å². The number of nitrogens with zero attached hydrogens (tertiary/aromatic N) is 2. The maximum Gasteiger partial charge on any atom is 0.311 e. The highest BCUT2D eigenvalue weighted by Gasteiger charge is 2.73. The zero-order chi connectivity index (χ0) is 25.2. The second kappa shape index (κ2) is 10.7. The molecule has 0 saturated carbocycles. The van der Waals surface area contributed by atoms with Crippen LogP contribution in [0, 0.1) is 11.8 Å². The smallest absolute Gasteiger partial charge is 0.311 e. The number of allylic oxidation sites excluding steroid dienone is 1. The molecule has 0 aromatic rings. The van der Waals surface area contributed by atoms with Crippen molar-refractivity contribution in [2.75, 3.05) is 26.3 Å². The lowest BCUT2D eigenvalue weighted by atomic mass is 9.74. The molecule has 35 heavy (non-hydrogen) atoms. The van der Waals surface area contributed by atoms with Crippen LogP contribution in [0.5, 0.6) is 0 Å². The van der Waals surface area contributed by atoms with Crippen molar-refractivity contribution in [3.63, 3.8) is 0 Å². The highest BCUT2D eigenvalue weighted by Crippen LogP contribution is 2.65. The number of carbonyl (C=O) groups excluding carboxylic acids is 3. The van der Waals surface area contributed by atoms with Crippen LogP contribution in [-0.2, 0) is 19.1 Å². The minimum atomic E-state index is -0.806. The first-order valence-corrected chi connectivity index (χ1v) is 14.0. The van der Waals surface area contributed by atoms with Gasteiger partial charge in [-0.15, -0.1) is 11.8 Å². The van der Waals surface area contributed by atoms with Gasteiger partial charge in [-0.25, -0.2) is 0 Å². The number of unbranched alkanes of at least 4 members (excludes halogenated alkanes) is 3. The summed E-state index contributed by atoms with van der Waals surface area (Å²) >= 11 is 1.61. The summed E-state index contributed by atoms with van der Waals surface area (Å²) in [6.45, 7) is 7.54. The standard InChI is InChI=1S/C27H40N2O5S/c1-19(2)28-16-12-14-27-20(21-25(33)34-18-11-7-4-8-13-26(21,3)35-27)23(31)29(22(27)24(28)32)15-9-5-6-10-17-30/h8,12-14,19-22,30H,4-7,9-11,15-18H2,1-3H3/b13-8-/t20-,21+,22?,26-,27-/m0/s1. The zero-order valence-electron chi connectivity index (χ0n) is 21.3. The lowest BCUT2D eigenvalue weighted by molar-refractivity contribution is -0.154. The molecule has 1 N–H and O–H groups in total. The summed E-state index contributed by atoms with van der Waals surface area (Å²) < 4.78 is 4.28. The minimum absolute atomic E-state index is 0.00964. The van der Waals surface area contributed by atoms with E-state index in [1.165, 1.54) is 0 Å². The van der Waals surface area contributed by atoms with Crippen molar-refractivity contribution < 1.29 is 24.2 Å². The van der Waals surface area contributed by atoms with E-state index in [0.717, 1.165) is 44.9 Å². The van der Waals surface area contributed by atoms with Gasteiger partial charge in [-0.2, -0.15) is 0 Å². The second-order valence-electron chi connectivity index (χ2n) is 10.7. The monoisotopic (exact) mass is 504 g/mol. The van der Waals surface area contributed by atoms with E-state index < -0.39 is 27.4 Å². The van der Waals surface area contributed by atoms with Gasteiger partial charge in [0.15, 0.2) is 0 Å². The fraction of sp³-hybridized carbons (Fsp3) is 0.741. The summed E-state index contributed by atoms with van der Waals surface area (Å²) in [6.07, 6.45) is 14.3. The zero-order valence-corrected chi connectivity index (χ0v) is 22.1. The molecule has 4 aliphatic heterocycles. The third-order valence-corrected chi connectivity index (χ3v) is 9.76. The predicted octanol–water partition coefficient (Wildman–Crippen LogP) is 3.32. The van der Waals surface area contributed by atoms with Crippen LogP contribution in [0.3, 0.4) is 0 Å². The molecule has 1 spiro atoms. The Balaban J connectivity index is 1.76. The number of carbonyl (C=O) groups is 3. The Bertz CT molecular complexity index is 889. The number of likely N-dealkylation sites (tertiary alicyclic amines) is 1. The number of amides is 2. The average molecular weight is 505 g/mol. The molecule has 0 aliphatic carbocycles. The molecule has 2 saturated heterocycles. The lowest BCUT2D eigenvalue weighted by Crippen LogP contribution is -2.54. The molecule has 0 aromatic carbocycles. The maximum atomic E-state index is 14.1. The number of fused-ring (bicyclic) bond motifs is 2. The van der Waals surface area contributed by atoms with Crippen molar-refractivity contribution in [3.8, 4) is 0 Å². The molecule has 4 heterocycles. The summed E-state index contributed by atoms with van der Waals surface area (Å²) in [5.74, 6) is -1.74. The van der Waals surface area contributed by atoms with Crippen LogP contribution >= 0.6 is 11.8 Å². The van der Waals surface area contributed by atoms with Crippen LogP contribution in [0.2, 0.25) is 0 Å². The van der Waals surface area contributed by atoms with Gasteiger partial charge in [-0.05, 0) is 52.9 Å². The molecule has 2 fully saturated rings. The number of aliphatic hydroxyl groups is 1. The molecule has 2 amide bonds. The van der Waals surface area contributed by atoms with Gasteiger partial charge in [0.2, 0.25) is 11.8 Å². The molecule has 0 radical (unpaired) electrons. The maximum absolute atomic E-state index is 14.1. The van der Waals surface area contributed by atoms with Crippen LogP contribution in [-0.4, -0.2) is 80.6 Å². The fourth-order valence-electron chi connectivity index (χ4n) is 6.27. The van der Waals surface area contributed by atoms with Crippen LogP contribution in [0.25, 0.3) is 0 Å². The predicted molar refractivity (Wildman–Crippen MR) is 137 cm³/mol. The van der Waals surface area contributed by atoms with Crippen molar-refractivity contribution in [1.82, 2.24) is 9.80 Å². The Labute approximate surface area is 213 Å². The van der Waals surface area contributed by atoms with Gasteiger partial charge in [0.1, 0.15) is 6.04 Å². The molecule has 5 atom stereocenters. The first-order valence-electron chi connectivity index (χ1n) is 13.2. The van der Waals surface area contributed by atoms with E-state index in [4.69, 9.17) is 9.84 Å². The average Bonchev–Trinajstić information content (AvgIpc) is 3.13. The SMILES string of the molecule is CC(C)N1CC=C[C@]23S[C@@]4(C)/C=C\CCCCOC(=O)[C@H]4[C@H]2C(=O)N(CCCCCCO)C3C1=O. The van der Waals surface area contributed by atoms with Gasteiger partial charge in [-0.3, -0.25) is 14.4 Å². The Morgan fingerprint density at radius 1 is 1.06 bits per heavy atom. The van der Waals surface area contributed by atoms with Crippen molar-refractivity contribution in [2.24, 2.45) is 11.8 Å². The van der Waals surface area contributed by atoms with E-state index in [0.29, 0.717) is 19.7 Å². The van der Waals surface area contributed by atoms with E-state index in [1.807, 2.05) is 31.7 Å². The Hall–Kier alpha value is -1.80. The Morgan fingerprint density at radius 2 is 1.83 bits per heavy atom. The van der Waals surface area contributed by atoms with Crippen molar-refractivity contribution >= 4 is 29.5 Å². The van der Waals surface area contributed by atoms with Crippen molar-refractivity contribution in [2.45, 2.75) is 87.3 Å². The van der Waals surface area contributed by atoms with Gasteiger partial charge >= 0.3 is 5.97 Å². The third kappa shape index (κ3) is 4.68. The van der Waals surface area contributed by atoms with Gasteiger partial charge in [0.05, 0.1) is 23.2 Å². The largest absolute Gasteiger partial charge is 0.465 e. The molecule has 0 aromatic heterocycles. The molecule has 8 heteroatoms. The highest BCUT2D eigenvalue weighted by molar-refractivity contribution is 8.02. The number of hydrogen-bond donors (Lipinski definition) is 1. The quantitative estimate of drug-likeness (QED) is 0.325. The number of aliphatic hydroxyl groups excluding tert-OH is 1. The number of ether oxygens (including phenoxy) is 1.